The Balaban J connectivity index is 1.90. The lowest BCUT2D eigenvalue weighted by atomic mass is 10.1. The molecule has 1 aromatic carbocycles. The van der Waals surface area contributed by atoms with Crippen molar-refractivity contribution >= 4 is 10.9 Å². The van der Waals surface area contributed by atoms with Gasteiger partial charge in [0.25, 0.3) is 0 Å². The van der Waals surface area contributed by atoms with Crippen LogP contribution in [0, 0.1) is 0 Å². The van der Waals surface area contributed by atoms with Gasteiger partial charge in [-0.15, -0.1) is 0 Å². The summed E-state index contributed by atoms with van der Waals surface area (Å²) in [5.41, 5.74) is 4.14. The molecule has 0 amide bonds. The van der Waals surface area contributed by atoms with Gasteiger partial charge in [-0.3, -0.25) is 0 Å². The molecule has 0 atom stereocenters. The van der Waals surface area contributed by atoms with Gasteiger partial charge in [-0.2, -0.15) is 0 Å². The van der Waals surface area contributed by atoms with Gasteiger partial charge >= 0.3 is 0 Å². The Morgan fingerprint density at radius 3 is 2.94 bits per heavy atom. The Kier molecular flexibility index (Phi) is 2.44. The highest BCUT2D eigenvalue weighted by molar-refractivity contribution is 5.81. The van der Waals surface area contributed by atoms with Crippen LogP contribution in [0.5, 0.6) is 0 Å². The van der Waals surface area contributed by atoms with Crippen molar-refractivity contribution in [2.24, 2.45) is 0 Å². The summed E-state index contributed by atoms with van der Waals surface area (Å²) in [5, 5.41) is 4.56. The second-order valence-electron chi connectivity index (χ2n) is 4.77. The molecule has 1 saturated carbocycles. The van der Waals surface area contributed by atoms with E-state index in [-0.39, 0.29) is 0 Å². The van der Waals surface area contributed by atoms with Crippen LogP contribution in [0.2, 0.25) is 0 Å². The van der Waals surface area contributed by atoms with Crippen LogP contribution in [0.4, 0.5) is 0 Å². The van der Waals surface area contributed by atoms with E-state index in [1.165, 1.54) is 35.0 Å². The molecule has 3 rings (SSSR count). The van der Waals surface area contributed by atoms with Gasteiger partial charge in [-0.1, -0.05) is 6.07 Å². The van der Waals surface area contributed by atoms with Crippen molar-refractivity contribution < 1.29 is 0 Å². The molecule has 1 heterocycles. The summed E-state index contributed by atoms with van der Waals surface area (Å²) < 4.78 is 0. The van der Waals surface area contributed by atoms with Gasteiger partial charge in [0.2, 0.25) is 0 Å². The maximum absolute atomic E-state index is 3.53. The molecule has 1 fully saturated rings. The number of hydrogen-bond acceptors (Lipinski definition) is 1. The molecule has 0 saturated heterocycles. The fraction of sp³-hybridized carbons (Fsp3) is 0.429. The minimum Gasteiger partial charge on any atom is -0.358 e. The minimum atomic E-state index is 0.813. The maximum atomic E-state index is 3.53. The zero-order chi connectivity index (χ0) is 11.0. The van der Waals surface area contributed by atoms with Crippen LogP contribution in [0.25, 0.3) is 10.9 Å². The highest BCUT2D eigenvalue weighted by Crippen LogP contribution is 2.40. The summed E-state index contributed by atoms with van der Waals surface area (Å²) in [6, 6.07) is 9.09. The zero-order valence-corrected chi connectivity index (χ0v) is 9.72. The smallest absolute Gasteiger partial charge is 0.0456 e. The lowest BCUT2D eigenvalue weighted by Crippen LogP contribution is -2.10. The van der Waals surface area contributed by atoms with Crippen molar-refractivity contribution in [3.63, 3.8) is 0 Å². The first-order valence-corrected chi connectivity index (χ1v) is 6.13. The molecule has 1 aliphatic rings. The van der Waals surface area contributed by atoms with E-state index in [4.69, 9.17) is 0 Å². The lowest BCUT2D eigenvalue weighted by Gasteiger charge is -2.00. The Morgan fingerprint density at radius 2 is 2.19 bits per heavy atom. The van der Waals surface area contributed by atoms with Gasteiger partial charge < -0.3 is 10.3 Å². The first-order valence-electron chi connectivity index (χ1n) is 6.13. The predicted molar refractivity (Wildman–Crippen MR) is 67.9 cm³/mol. The highest BCUT2D eigenvalue weighted by atomic mass is 14.8. The third-order valence-electron chi connectivity index (χ3n) is 3.39. The SMILES string of the molecule is CNCCc1ccc2[nH]c(C3CC3)cc2c1. The molecule has 0 spiro atoms. The Bertz CT molecular complexity index is 494. The Morgan fingerprint density at radius 1 is 1.31 bits per heavy atom. The molecule has 0 radical (unpaired) electrons. The molecule has 2 aromatic rings. The van der Waals surface area contributed by atoms with E-state index in [2.05, 4.69) is 34.6 Å². The highest BCUT2D eigenvalue weighted by Gasteiger charge is 2.24. The monoisotopic (exact) mass is 214 g/mol. The molecule has 1 aromatic heterocycles. The predicted octanol–water partition coefficient (Wildman–Crippen LogP) is 2.81. The number of fused-ring (bicyclic) bond motifs is 1. The minimum absolute atomic E-state index is 0.813. The topological polar surface area (TPSA) is 27.8 Å². The van der Waals surface area contributed by atoms with Crippen LogP contribution >= 0.6 is 0 Å². The van der Waals surface area contributed by atoms with Crippen LogP contribution in [0.1, 0.15) is 30.0 Å². The average molecular weight is 214 g/mol. The molecule has 16 heavy (non-hydrogen) atoms. The largest absolute Gasteiger partial charge is 0.358 e. The quantitative estimate of drug-likeness (QED) is 0.804. The number of aromatic nitrogens is 1. The van der Waals surface area contributed by atoms with Crippen LogP contribution < -0.4 is 5.32 Å². The molecule has 2 heteroatoms. The van der Waals surface area contributed by atoms with Gasteiger partial charge in [-0.25, -0.2) is 0 Å². The third-order valence-corrected chi connectivity index (χ3v) is 3.39. The average Bonchev–Trinajstić information content (AvgIpc) is 3.06. The fourth-order valence-corrected chi connectivity index (χ4v) is 2.24. The molecule has 1 aliphatic carbocycles. The summed E-state index contributed by atoms with van der Waals surface area (Å²) in [6.45, 7) is 1.05. The molecular formula is C14H18N2. The summed E-state index contributed by atoms with van der Waals surface area (Å²) in [4.78, 5) is 3.53. The van der Waals surface area contributed by atoms with Gasteiger partial charge in [0.15, 0.2) is 0 Å². The fourth-order valence-electron chi connectivity index (χ4n) is 2.24. The first-order chi connectivity index (χ1) is 7.86. The summed E-state index contributed by atoms with van der Waals surface area (Å²) in [5.74, 6) is 0.813. The number of rotatable bonds is 4. The van der Waals surface area contributed by atoms with Crippen molar-refractivity contribution in [1.82, 2.24) is 10.3 Å². The van der Waals surface area contributed by atoms with Crippen LogP contribution in [0.15, 0.2) is 24.3 Å². The lowest BCUT2D eigenvalue weighted by molar-refractivity contribution is 0.792. The summed E-state index contributed by atoms with van der Waals surface area (Å²) >= 11 is 0. The summed E-state index contributed by atoms with van der Waals surface area (Å²) in [6.07, 6.45) is 3.83. The van der Waals surface area contributed by atoms with Gasteiger partial charge in [0, 0.05) is 11.2 Å². The molecule has 2 N–H and O–H groups in total. The molecule has 84 valence electrons. The number of hydrogen-bond donors (Lipinski definition) is 2. The van der Waals surface area contributed by atoms with Crippen molar-refractivity contribution in [3.8, 4) is 0 Å². The van der Waals surface area contributed by atoms with E-state index in [0.29, 0.717) is 0 Å². The zero-order valence-electron chi connectivity index (χ0n) is 9.72. The number of nitrogens with one attached hydrogen (secondary N) is 2. The van der Waals surface area contributed by atoms with E-state index in [0.717, 1.165) is 18.9 Å². The van der Waals surface area contributed by atoms with Crippen molar-refractivity contribution in [1.29, 1.82) is 0 Å². The number of benzene rings is 1. The molecule has 0 unspecified atom stereocenters. The summed E-state index contributed by atoms with van der Waals surface area (Å²) in [7, 11) is 2.00. The van der Waals surface area contributed by atoms with Crippen molar-refractivity contribution in [3.05, 3.63) is 35.5 Å². The maximum Gasteiger partial charge on any atom is 0.0456 e. The van der Waals surface area contributed by atoms with Gasteiger partial charge in [0.1, 0.15) is 0 Å². The van der Waals surface area contributed by atoms with E-state index < -0.39 is 0 Å². The van der Waals surface area contributed by atoms with Crippen molar-refractivity contribution in [2.75, 3.05) is 13.6 Å². The second kappa shape index (κ2) is 3.95. The Hall–Kier alpha value is -1.28. The van der Waals surface area contributed by atoms with Crippen LogP contribution in [-0.2, 0) is 6.42 Å². The normalized spacial score (nSPS) is 15.8. The van der Waals surface area contributed by atoms with Crippen LogP contribution in [-0.4, -0.2) is 18.6 Å². The molecule has 0 bridgehead atoms. The third kappa shape index (κ3) is 1.85. The van der Waals surface area contributed by atoms with Crippen LogP contribution in [0.3, 0.4) is 0 Å². The Labute approximate surface area is 96.1 Å². The van der Waals surface area contributed by atoms with Crippen molar-refractivity contribution in [2.45, 2.75) is 25.2 Å². The standard InChI is InChI=1S/C14H18N2/c1-15-7-6-10-2-5-13-12(8-10)9-14(16-13)11-3-4-11/h2,5,8-9,11,15-16H,3-4,6-7H2,1H3. The molecular weight excluding hydrogens is 196 g/mol. The van der Waals surface area contributed by atoms with E-state index in [9.17, 15) is 0 Å². The molecule has 0 aliphatic heterocycles. The molecule has 2 nitrogen and oxygen atoms in total. The van der Waals surface area contributed by atoms with Gasteiger partial charge in [-0.05, 0) is 67.9 Å². The van der Waals surface area contributed by atoms with E-state index >= 15 is 0 Å². The number of likely N-dealkylation sites (N-methyl/N-ethyl adjacent to an activating group) is 1. The first kappa shape index (κ1) is 9.91. The van der Waals surface area contributed by atoms with E-state index in [1.54, 1.807) is 0 Å². The second-order valence-corrected chi connectivity index (χ2v) is 4.77. The number of aromatic amines is 1. The van der Waals surface area contributed by atoms with Gasteiger partial charge in [0.05, 0.1) is 0 Å². The number of H-pyrrole nitrogens is 1. The van der Waals surface area contributed by atoms with E-state index in [1.807, 2.05) is 7.05 Å².